The van der Waals surface area contributed by atoms with Crippen LogP contribution < -0.4 is 25.0 Å². The molecule has 55 heavy (non-hydrogen) atoms. The van der Waals surface area contributed by atoms with Crippen molar-refractivity contribution >= 4 is 52.0 Å². The number of carbonyl (C=O) groups excluding carboxylic acids is 5. The van der Waals surface area contributed by atoms with E-state index in [0.29, 0.717) is 84.1 Å². The molecule has 1 aliphatic rings. The summed E-state index contributed by atoms with van der Waals surface area (Å²) in [5, 5.41) is 5.53. The zero-order chi connectivity index (χ0) is 39.7. The largest absolute Gasteiger partial charge is 0.495 e. The number of piperidine rings is 1. The van der Waals surface area contributed by atoms with Crippen LogP contribution in [0.2, 0.25) is 0 Å². The smallest absolute Gasteiger partial charge is 0.408 e. The number of hydrogen-bond acceptors (Lipinski definition) is 9. The number of para-hydroxylation sites is 1. The average Bonchev–Trinajstić information content (AvgIpc) is 3.58. The van der Waals surface area contributed by atoms with Crippen LogP contribution in [0.25, 0.3) is 11.0 Å². The number of alkyl carbamates (subject to hydrolysis) is 1. The highest BCUT2D eigenvalue weighted by Crippen LogP contribution is 2.32. The van der Waals surface area contributed by atoms with Crippen molar-refractivity contribution in [3.8, 4) is 11.5 Å². The number of carbonyl (C=O) groups is 5. The second kappa shape index (κ2) is 17.9. The third kappa shape index (κ3) is 10.8. The molecule has 1 aliphatic heterocycles. The van der Waals surface area contributed by atoms with E-state index in [-0.39, 0.29) is 29.9 Å². The van der Waals surface area contributed by atoms with Gasteiger partial charge >= 0.3 is 6.09 Å². The van der Waals surface area contributed by atoms with Gasteiger partial charge in [-0.1, -0.05) is 12.1 Å². The number of aromatic amines is 1. The van der Waals surface area contributed by atoms with Crippen LogP contribution in [0.3, 0.4) is 0 Å². The van der Waals surface area contributed by atoms with Gasteiger partial charge in [0.25, 0.3) is 11.8 Å². The number of rotatable bonds is 14. The molecule has 1 fully saturated rings. The molecule has 292 valence electrons. The number of ether oxygens (including phenoxy) is 3. The normalized spacial score (nSPS) is 13.0. The summed E-state index contributed by atoms with van der Waals surface area (Å²) in [6.07, 6.45) is 3.04. The van der Waals surface area contributed by atoms with E-state index in [9.17, 15) is 24.0 Å². The third-order valence-electron chi connectivity index (χ3n) is 9.05. The van der Waals surface area contributed by atoms with Crippen molar-refractivity contribution in [1.82, 2.24) is 20.2 Å². The lowest BCUT2D eigenvalue weighted by atomic mass is 10.1. The third-order valence-corrected chi connectivity index (χ3v) is 9.05. The number of nitrogens with one attached hydrogen (secondary N) is 3. The molecule has 0 saturated carbocycles. The predicted octanol–water partition coefficient (Wildman–Crippen LogP) is 6.56. The van der Waals surface area contributed by atoms with Crippen molar-refractivity contribution in [2.75, 3.05) is 44.1 Å². The van der Waals surface area contributed by atoms with Crippen LogP contribution >= 0.6 is 0 Å². The Balaban J connectivity index is 1.19. The summed E-state index contributed by atoms with van der Waals surface area (Å²) in [4.78, 5) is 74.3. The average molecular weight is 755 g/mol. The van der Waals surface area contributed by atoms with Crippen LogP contribution in [0, 0.1) is 6.92 Å². The van der Waals surface area contributed by atoms with Crippen molar-refractivity contribution in [2.24, 2.45) is 0 Å². The van der Waals surface area contributed by atoms with E-state index < -0.39 is 17.6 Å². The fourth-order valence-electron chi connectivity index (χ4n) is 6.16. The van der Waals surface area contributed by atoms with Crippen LogP contribution in [0.5, 0.6) is 11.5 Å². The van der Waals surface area contributed by atoms with Crippen LogP contribution in [0.1, 0.15) is 91.4 Å². The molecule has 14 nitrogen and oxygen atoms in total. The molecule has 4 aromatic rings. The summed E-state index contributed by atoms with van der Waals surface area (Å²) in [6.45, 7) is 8.80. The summed E-state index contributed by atoms with van der Waals surface area (Å²) in [5.74, 6) is 0.865. The second-order valence-corrected chi connectivity index (χ2v) is 14.5. The maximum Gasteiger partial charge on any atom is 0.408 e. The predicted molar refractivity (Wildman–Crippen MR) is 209 cm³/mol. The van der Waals surface area contributed by atoms with E-state index in [1.54, 1.807) is 69.1 Å². The molecule has 14 heteroatoms. The summed E-state index contributed by atoms with van der Waals surface area (Å²) in [6, 6.07) is 15.6. The molecule has 2 heterocycles. The maximum atomic E-state index is 13.8. The molecular formula is C41H50N6O8. The summed E-state index contributed by atoms with van der Waals surface area (Å²) in [5.41, 5.74) is 2.96. The van der Waals surface area contributed by atoms with Gasteiger partial charge in [-0.3, -0.25) is 19.2 Å². The summed E-state index contributed by atoms with van der Waals surface area (Å²) >= 11 is 0. The van der Waals surface area contributed by atoms with Gasteiger partial charge < -0.3 is 39.6 Å². The molecule has 0 atom stereocenters. The number of imidazole rings is 1. The second-order valence-electron chi connectivity index (χ2n) is 14.5. The summed E-state index contributed by atoms with van der Waals surface area (Å²) < 4.78 is 17.0. The molecule has 0 bridgehead atoms. The lowest BCUT2D eigenvalue weighted by Gasteiger charge is -2.26. The number of hydrogen-bond donors (Lipinski definition) is 3. The van der Waals surface area contributed by atoms with Gasteiger partial charge in [-0.15, -0.1) is 0 Å². The number of fused-ring (bicyclic) bond motifs is 1. The first-order valence-electron chi connectivity index (χ1n) is 18.5. The van der Waals surface area contributed by atoms with Gasteiger partial charge in [0, 0.05) is 45.0 Å². The van der Waals surface area contributed by atoms with Gasteiger partial charge in [0.1, 0.15) is 34.2 Å². The standard InChI is InChI=1S/C41H50N6O8/c1-26-14-17-32(34(23-26)54-22-9-7-8-13-36(49)47-20-18-28(48)19-21-47)46(5)39(51)27-15-16-30(33(24-27)53-6)44-38(50)29-11-10-12-31-37(29)45-35(43-31)25-42-40(52)55-41(2,3)4/h10-12,14-17,23-24H,7-9,13,18-22,25H2,1-6H3,(H,42,52)(H,43,45)(H,44,50). The highest BCUT2D eigenvalue weighted by Gasteiger charge is 2.23. The lowest BCUT2D eigenvalue weighted by Crippen LogP contribution is -2.38. The fraction of sp³-hybridized carbons (Fsp3) is 0.415. The number of methoxy groups -OCH3 is 1. The molecule has 0 aliphatic carbocycles. The van der Waals surface area contributed by atoms with Gasteiger partial charge in [-0.05, 0) is 95.0 Å². The van der Waals surface area contributed by atoms with E-state index in [2.05, 4.69) is 20.6 Å². The molecule has 0 unspecified atom stereocenters. The van der Waals surface area contributed by atoms with Crippen molar-refractivity contribution in [1.29, 1.82) is 0 Å². The Morgan fingerprint density at radius 1 is 0.964 bits per heavy atom. The number of ketones is 1. The van der Waals surface area contributed by atoms with E-state index in [4.69, 9.17) is 14.2 Å². The van der Waals surface area contributed by atoms with Gasteiger partial charge in [0.15, 0.2) is 0 Å². The topological polar surface area (TPSA) is 172 Å². The Hall–Kier alpha value is -5.92. The molecule has 5 rings (SSSR count). The number of benzene rings is 3. The zero-order valence-electron chi connectivity index (χ0n) is 32.4. The Morgan fingerprint density at radius 2 is 1.73 bits per heavy atom. The highest BCUT2D eigenvalue weighted by molar-refractivity contribution is 6.12. The molecule has 3 N–H and O–H groups in total. The number of Topliss-reactive ketones (excluding diaryl/α,β-unsaturated/α-hetero) is 1. The van der Waals surface area contributed by atoms with Crippen LogP contribution in [-0.4, -0.2) is 83.9 Å². The molecule has 0 spiro atoms. The molecule has 1 saturated heterocycles. The van der Waals surface area contributed by atoms with Crippen molar-refractivity contribution in [3.63, 3.8) is 0 Å². The number of likely N-dealkylation sites (tertiary alicyclic amines) is 1. The molecule has 0 radical (unpaired) electrons. The van der Waals surface area contributed by atoms with Gasteiger partial charge in [0.2, 0.25) is 5.91 Å². The van der Waals surface area contributed by atoms with E-state index in [1.165, 1.54) is 12.0 Å². The van der Waals surface area contributed by atoms with Crippen molar-refractivity contribution < 1.29 is 38.2 Å². The molecule has 4 amide bonds. The number of amides is 4. The van der Waals surface area contributed by atoms with Crippen molar-refractivity contribution in [3.05, 3.63) is 77.1 Å². The molecule has 3 aromatic carbocycles. The lowest BCUT2D eigenvalue weighted by molar-refractivity contribution is -0.134. The van der Waals surface area contributed by atoms with E-state index in [1.807, 2.05) is 25.1 Å². The summed E-state index contributed by atoms with van der Waals surface area (Å²) in [7, 11) is 3.13. The Morgan fingerprint density at radius 3 is 2.45 bits per heavy atom. The first kappa shape index (κ1) is 40.3. The SMILES string of the molecule is COc1cc(C(=O)N(C)c2ccc(C)cc2OCCCCCC(=O)N2CCC(=O)CC2)ccc1NC(=O)c1cccc2[nH]c(CNC(=O)OC(C)(C)C)nc12. The number of nitrogens with zero attached hydrogens (tertiary/aromatic N) is 3. The number of aryl methyl sites for hydroxylation is 1. The highest BCUT2D eigenvalue weighted by atomic mass is 16.6. The maximum absolute atomic E-state index is 13.8. The minimum Gasteiger partial charge on any atom is -0.495 e. The minimum atomic E-state index is -0.643. The molecular weight excluding hydrogens is 704 g/mol. The van der Waals surface area contributed by atoms with Crippen LogP contribution in [-0.2, 0) is 20.9 Å². The van der Waals surface area contributed by atoms with Gasteiger partial charge in [-0.2, -0.15) is 0 Å². The number of unbranched alkanes of at least 4 members (excludes halogenated alkanes) is 2. The van der Waals surface area contributed by atoms with Gasteiger partial charge in [0.05, 0.1) is 42.7 Å². The quantitative estimate of drug-likeness (QED) is 0.121. The van der Waals surface area contributed by atoms with Crippen molar-refractivity contribution in [2.45, 2.75) is 78.4 Å². The Kier molecular flexibility index (Phi) is 13.1. The van der Waals surface area contributed by atoms with Gasteiger partial charge in [-0.25, -0.2) is 9.78 Å². The Labute approximate surface area is 320 Å². The molecule has 1 aromatic heterocycles. The minimum absolute atomic E-state index is 0.0764. The van der Waals surface area contributed by atoms with E-state index in [0.717, 1.165) is 24.8 Å². The van der Waals surface area contributed by atoms with E-state index >= 15 is 0 Å². The first-order valence-corrected chi connectivity index (χ1v) is 18.5. The van der Waals surface area contributed by atoms with Crippen LogP contribution in [0.15, 0.2) is 54.6 Å². The Bertz CT molecular complexity index is 2040. The number of H-pyrrole nitrogens is 1. The zero-order valence-corrected chi connectivity index (χ0v) is 32.4. The first-order chi connectivity index (χ1) is 26.2. The number of anilines is 2. The van der Waals surface area contributed by atoms with Crippen LogP contribution in [0.4, 0.5) is 16.2 Å². The number of aromatic nitrogens is 2. The monoisotopic (exact) mass is 754 g/mol. The fourth-order valence-corrected chi connectivity index (χ4v) is 6.16.